The molecule has 0 saturated heterocycles. The first-order valence-corrected chi connectivity index (χ1v) is 18.3. The summed E-state index contributed by atoms with van der Waals surface area (Å²) in [6, 6.07) is 77.5. The molecule has 0 amide bonds. The molecule has 0 radical (unpaired) electrons. The third kappa shape index (κ3) is 5.42. The molecular formula is C52H35N. The van der Waals surface area contributed by atoms with Crippen LogP contribution in [0.4, 0.5) is 17.1 Å². The Morgan fingerprint density at radius 1 is 0.226 bits per heavy atom. The van der Waals surface area contributed by atoms with E-state index in [1.54, 1.807) is 0 Å². The molecule has 0 fully saturated rings. The molecule has 1 aliphatic rings. The Morgan fingerprint density at radius 3 is 1.28 bits per heavy atom. The summed E-state index contributed by atoms with van der Waals surface area (Å²) in [5.74, 6) is 0. The van der Waals surface area contributed by atoms with E-state index in [9.17, 15) is 0 Å². The van der Waals surface area contributed by atoms with Gasteiger partial charge in [-0.1, -0.05) is 176 Å². The van der Waals surface area contributed by atoms with E-state index in [0.717, 1.165) is 17.1 Å². The maximum atomic E-state index is 2.45. The SMILES string of the molecule is c1ccc(-c2ccc(N(c3ccc4c(c3)-c3ccccc3-c3ccccc3-c3ccccc3-4)c3ccc4ccccc4c3)c(-c3ccccc3)c2)cc1. The molecule has 0 bridgehead atoms. The van der Waals surface area contributed by atoms with E-state index in [2.05, 4.69) is 217 Å². The minimum Gasteiger partial charge on any atom is -0.310 e. The lowest BCUT2D eigenvalue weighted by Gasteiger charge is -2.30. The van der Waals surface area contributed by atoms with Gasteiger partial charge in [-0.05, 0) is 108 Å². The highest BCUT2D eigenvalue weighted by atomic mass is 15.1. The molecule has 9 aromatic carbocycles. The fourth-order valence-electron chi connectivity index (χ4n) is 8.12. The highest BCUT2D eigenvalue weighted by Gasteiger charge is 2.24. The van der Waals surface area contributed by atoms with Crippen LogP contribution in [0.1, 0.15) is 0 Å². The average Bonchev–Trinajstić information content (AvgIpc) is 3.24. The molecule has 1 aliphatic carbocycles. The second kappa shape index (κ2) is 13.0. The van der Waals surface area contributed by atoms with E-state index in [1.165, 1.54) is 77.5 Å². The minimum absolute atomic E-state index is 1.10. The van der Waals surface area contributed by atoms with Crippen LogP contribution >= 0.6 is 0 Å². The van der Waals surface area contributed by atoms with E-state index in [1.807, 2.05) is 0 Å². The number of rotatable bonds is 5. The quantitative estimate of drug-likeness (QED) is 0.176. The first-order valence-electron chi connectivity index (χ1n) is 18.3. The van der Waals surface area contributed by atoms with E-state index >= 15 is 0 Å². The van der Waals surface area contributed by atoms with Gasteiger partial charge in [0, 0.05) is 16.9 Å². The van der Waals surface area contributed by atoms with Crippen LogP contribution in [0.2, 0.25) is 0 Å². The van der Waals surface area contributed by atoms with Crippen LogP contribution < -0.4 is 4.90 Å². The Morgan fingerprint density at radius 2 is 0.679 bits per heavy atom. The molecule has 0 N–H and O–H groups in total. The zero-order chi connectivity index (χ0) is 35.1. The van der Waals surface area contributed by atoms with Crippen LogP contribution in [-0.2, 0) is 0 Å². The third-order valence-corrected chi connectivity index (χ3v) is 10.6. The van der Waals surface area contributed by atoms with Crippen LogP contribution in [0.15, 0.2) is 212 Å². The van der Waals surface area contributed by atoms with Gasteiger partial charge >= 0.3 is 0 Å². The number of benzene rings is 9. The Balaban J connectivity index is 1.26. The fourth-order valence-corrected chi connectivity index (χ4v) is 8.12. The molecule has 9 aromatic rings. The molecule has 1 nitrogen and oxygen atoms in total. The lowest BCUT2D eigenvalue weighted by Crippen LogP contribution is -2.12. The van der Waals surface area contributed by atoms with Crippen molar-refractivity contribution in [1.82, 2.24) is 0 Å². The van der Waals surface area contributed by atoms with Crippen molar-refractivity contribution in [2.24, 2.45) is 0 Å². The molecule has 0 atom stereocenters. The second-order valence-corrected chi connectivity index (χ2v) is 13.7. The van der Waals surface area contributed by atoms with Gasteiger partial charge in [0.15, 0.2) is 0 Å². The molecule has 0 heterocycles. The van der Waals surface area contributed by atoms with Crippen molar-refractivity contribution in [2.75, 3.05) is 4.90 Å². The number of hydrogen-bond donors (Lipinski definition) is 0. The van der Waals surface area contributed by atoms with Gasteiger partial charge in [0.05, 0.1) is 5.69 Å². The predicted molar refractivity (Wildman–Crippen MR) is 225 cm³/mol. The van der Waals surface area contributed by atoms with Crippen molar-refractivity contribution in [3.8, 4) is 66.8 Å². The van der Waals surface area contributed by atoms with Gasteiger partial charge in [-0.15, -0.1) is 0 Å². The molecule has 0 aliphatic heterocycles. The van der Waals surface area contributed by atoms with Gasteiger partial charge in [-0.25, -0.2) is 0 Å². The smallest absolute Gasteiger partial charge is 0.0540 e. The van der Waals surface area contributed by atoms with Crippen LogP contribution in [-0.4, -0.2) is 0 Å². The highest BCUT2D eigenvalue weighted by Crippen LogP contribution is 2.50. The normalized spacial score (nSPS) is 11.4. The topological polar surface area (TPSA) is 3.24 Å². The molecule has 0 spiro atoms. The zero-order valence-corrected chi connectivity index (χ0v) is 29.2. The van der Waals surface area contributed by atoms with E-state index < -0.39 is 0 Å². The fraction of sp³-hybridized carbons (Fsp3) is 0. The van der Waals surface area contributed by atoms with Crippen molar-refractivity contribution in [3.63, 3.8) is 0 Å². The van der Waals surface area contributed by atoms with Gasteiger partial charge in [-0.3, -0.25) is 0 Å². The first-order chi connectivity index (χ1) is 26.3. The lowest BCUT2D eigenvalue weighted by molar-refractivity contribution is 1.29. The van der Waals surface area contributed by atoms with Crippen LogP contribution in [0.5, 0.6) is 0 Å². The third-order valence-electron chi connectivity index (χ3n) is 10.6. The van der Waals surface area contributed by atoms with Crippen molar-refractivity contribution < 1.29 is 0 Å². The lowest BCUT2D eigenvalue weighted by atomic mass is 9.81. The summed E-state index contributed by atoms with van der Waals surface area (Å²) in [6.45, 7) is 0. The monoisotopic (exact) mass is 673 g/mol. The number of hydrogen-bond acceptors (Lipinski definition) is 1. The summed E-state index contributed by atoms with van der Waals surface area (Å²) in [6.07, 6.45) is 0. The van der Waals surface area contributed by atoms with Crippen LogP contribution in [0.25, 0.3) is 77.5 Å². The Hall–Kier alpha value is -6.96. The molecule has 10 rings (SSSR count). The molecule has 248 valence electrons. The standard InChI is InChI=1S/C52H35N/c1-3-15-36(16-4-1)40-28-32-52(50(34-40)38-18-5-2-6-19-38)53(41-29-27-37-17-7-8-20-39(37)33-41)42-30-31-49-47-25-12-11-23-45(47)43-21-9-10-22-44(43)46-24-13-14-26-48(46)51(49)35-42/h1-35H. The van der Waals surface area contributed by atoms with E-state index in [-0.39, 0.29) is 0 Å². The number of nitrogens with zero attached hydrogens (tertiary/aromatic N) is 1. The summed E-state index contributed by atoms with van der Waals surface area (Å²) in [4.78, 5) is 2.45. The second-order valence-electron chi connectivity index (χ2n) is 13.7. The Kier molecular flexibility index (Phi) is 7.55. The van der Waals surface area contributed by atoms with Crippen LogP contribution in [0, 0.1) is 0 Å². The number of fused-ring (bicyclic) bond motifs is 9. The maximum Gasteiger partial charge on any atom is 0.0540 e. The van der Waals surface area contributed by atoms with Crippen LogP contribution in [0.3, 0.4) is 0 Å². The Bertz CT molecular complexity index is 2770. The van der Waals surface area contributed by atoms with E-state index in [4.69, 9.17) is 0 Å². The van der Waals surface area contributed by atoms with Gasteiger partial charge < -0.3 is 4.90 Å². The summed E-state index contributed by atoms with van der Waals surface area (Å²) >= 11 is 0. The van der Waals surface area contributed by atoms with Crippen molar-refractivity contribution >= 4 is 27.8 Å². The molecule has 0 unspecified atom stereocenters. The van der Waals surface area contributed by atoms with Gasteiger partial charge in [0.25, 0.3) is 0 Å². The molecular weight excluding hydrogens is 639 g/mol. The average molecular weight is 674 g/mol. The summed E-state index contributed by atoms with van der Waals surface area (Å²) < 4.78 is 0. The van der Waals surface area contributed by atoms with Gasteiger partial charge in [0.2, 0.25) is 0 Å². The largest absolute Gasteiger partial charge is 0.310 e. The van der Waals surface area contributed by atoms with Gasteiger partial charge in [-0.2, -0.15) is 0 Å². The first kappa shape index (κ1) is 30.8. The summed E-state index contributed by atoms with van der Waals surface area (Å²) in [5.41, 5.74) is 18.0. The molecule has 1 heteroatoms. The van der Waals surface area contributed by atoms with E-state index in [0.29, 0.717) is 0 Å². The minimum atomic E-state index is 1.10. The highest BCUT2D eigenvalue weighted by molar-refractivity contribution is 6.04. The van der Waals surface area contributed by atoms with Crippen molar-refractivity contribution in [2.45, 2.75) is 0 Å². The van der Waals surface area contributed by atoms with Crippen molar-refractivity contribution in [3.05, 3.63) is 212 Å². The van der Waals surface area contributed by atoms with Gasteiger partial charge in [0.1, 0.15) is 0 Å². The molecule has 0 aromatic heterocycles. The zero-order valence-electron chi connectivity index (χ0n) is 29.2. The number of anilines is 3. The Labute approximate surface area is 310 Å². The maximum absolute atomic E-state index is 2.45. The summed E-state index contributed by atoms with van der Waals surface area (Å²) in [5, 5.41) is 2.43. The van der Waals surface area contributed by atoms with Crippen molar-refractivity contribution in [1.29, 1.82) is 0 Å². The molecule has 0 saturated carbocycles. The summed E-state index contributed by atoms with van der Waals surface area (Å²) in [7, 11) is 0. The molecule has 53 heavy (non-hydrogen) atoms. The predicted octanol–water partition coefficient (Wildman–Crippen LogP) is 14.6.